The number of rotatable bonds is 9. The Kier molecular flexibility index (Phi) is 10.6. The molecule has 0 aliphatic carbocycles. The van der Waals surface area contributed by atoms with E-state index in [0.717, 1.165) is 56.6 Å². The van der Waals surface area contributed by atoms with Gasteiger partial charge in [0.15, 0.2) is 34.9 Å². The summed E-state index contributed by atoms with van der Waals surface area (Å²) >= 11 is 0. The molecule has 0 saturated heterocycles. The molecular weight excluding hydrogens is 802 g/mol. The molecule has 0 aliphatic heterocycles. The van der Waals surface area contributed by atoms with E-state index in [-0.39, 0.29) is 0 Å². The topological polar surface area (TPSA) is 77.3 Å². The van der Waals surface area contributed by atoms with Gasteiger partial charge in [0, 0.05) is 33.4 Å². The zero-order valence-corrected chi connectivity index (χ0v) is 34.0. The van der Waals surface area contributed by atoms with Gasteiger partial charge in [-0.3, -0.25) is 0 Å². The van der Waals surface area contributed by atoms with Gasteiger partial charge in [-0.15, -0.1) is 0 Å². The summed E-state index contributed by atoms with van der Waals surface area (Å²) in [4.78, 5) is 30.1. The number of hydrogen-bond acceptors (Lipinski definition) is 6. The van der Waals surface area contributed by atoms with Gasteiger partial charge >= 0.3 is 6.18 Å². The molecule has 8 aromatic carbocycles. The van der Waals surface area contributed by atoms with Crippen molar-refractivity contribution in [2.24, 2.45) is 0 Å². The van der Waals surface area contributed by atoms with Crippen molar-refractivity contribution >= 4 is 0 Å². The van der Waals surface area contributed by atoms with Crippen LogP contribution in [0.2, 0.25) is 0 Å². The van der Waals surface area contributed by atoms with Gasteiger partial charge in [-0.1, -0.05) is 194 Å². The lowest BCUT2D eigenvalue weighted by molar-refractivity contribution is -0.137. The Morgan fingerprint density at radius 2 is 0.547 bits per heavy atom. The Labute approximate surface area is 367 Å². The van der Waals surface area contributed by atoms with E-state index in [0.29, 0.717) is 57.2 Å². The summed E-state index contributed by atoms with van der Waals surface area (Å²) in [6, 6.07) is 66.0. The summed E-state index contributed by atoms with van der Waals surface area (Å²) in [5.41, 5.74) is 8.61. The van der Waals surface area contributed by atoms with Crippen molar-refractivity contribution in [3.63, 3.8) is 0 Å². The molecule has 2 heterocycles. The van der Waals surface area contributed by atoms with Gasteiger partial charge < -0.3 is 0 Å². The smallest absolute Gasteiger partial charge is 0.208 e. The maximum Gasteiger partial charge on any atom is 0.416 e. The number of aromatic nitrogens is 6. The Balaban J connectivity index is 1.18. The van der Waals surface area contributed by atoms with Crippen molar-refractivity contribution in [1.29, 1.82) is 0 Å². The van der Waals surface area contributed by atoms with E-state index in [9.17, 15) is 13.2 Å². The van der Waals surface area contributed by atoms with Crippen molar-refractivity contribution in [3.05, 3.63) is 218 Å². The van der Waals surface area contributed by atoms with Crippen LogP contribution in [0.4, 0.5) is 13.2 Å². The number of halogens is 3. The lowest BCUT2D eigenvalue weighted by Crippen LogP contribution is -2.04. The number of hydrogen-bond donors (Lipinski definition) is 0. The van der Waals surface area contributed by atoms with Crippen LogP contribution in [0.15, 0.2) is 212 Å². The monoisotopic (exact) mass is 836 g/mol. The fourth-order valence-electron chi connectivity index (χ4n) is 7.73. The molecule has 64 heavy (non-hydrogen) atoms. The standard InChI is InChI=1S/C55H35F3N6/c56-55(57,58)42-32-29-37(30-33-42)48-35-41(52-60-51(40-23-11-4-12-24-40)61-53(64-52)46-27-15-13-25-43(46)36-17-5-1-6-18-36)31-34-45(48)44-26-14-16-28-47(44)54-62-49(38-19-7-2-8-20-38)59-50(63-54)39-21-9-3-10-22-39/h1-35H. The molecule has 0 radical (unpaired) electrons. The number of alkyl halides is 3. The molecule has 10 rings (SSSR count). The fourth-order valence-corrected chi connectivity index (χ4v) is 7.73. The molecule has 0 unspecified atom stereocenters. The molecule has 0 bridgehead atoms. The Hall–Kier alpha value is -8.43. The largest absolute Gasteiger partial charge is 0.416 e. The molecule has 9 heteroatoms. The molecule has 0 amide bonds. The van der Waals surface area contributed by atoms with Crippen LogP contribution in [0.1, 0.15) is 5.56 Å². The molecule has 10 aromatic rings. The van der Waals surface area contributed by atoms with E-state index >= 15 is 0 Å². The highest BCUT2D eigenvalue weighted by atomic mass is 19.4. The summed E-state index contributed by atoms with van der Waals surface area (Å²) < 4.78 is 41.9. The van der Waals surface area contributed by atoms with Crippen LogP contribution in [0.25, 0.3) is 102 Å². The number of nitrogens with zero attached hydrogens (tertiary/aromatic N) is 6. The highest BCUT2D eigenvalue weighted by molar-refractivity contribution is 5.93. The SMILES string of the molecule is FC(F)(F)c1ccc(-c2cc(-c3nc(-c4ccccc4)nc(-c4ccccc4-c4ccccc4)n3)ccc2-c2ccccc2-c2nc(-c3ccccc3)nc(-c3ccccc3)n2)cc1. The van der Waals surface area contributed by atoms with E-state index < -0.39 is 11.7 Å². The van der Waals surface area contributed by atoms with Crippen molar-refractivity contribution in [3.8, 4) is 102 Å². The molecule has 0 N–H and O–H groups in total. The van der Waals surface area contributed by atoms with Gasteiger partial charge in [0.25, 0.3) is 0 Å². The Bertz CT molecular complexity index is 3180. The minimum Gasteiger partial charge on any atom is -0.208 e. The van der Waals surface area contributed by atoms with Gasteiger partial charge in [0.1, 0.15) is 0 Å². The zero-order chi connectivity index (χ0) is 43.5. The van der Waals surface area contributed by atoms with E-state index in [2.05, 4.69) is 0 Å². The second-order valence-electron chi connectivity index (χ2n) is 15.0. The summed E-state index contributed by atoms with van der Waals surface area (Å²) in [7, 11) is 0. The molecule has 2 aromatic heterocycles. The van der Waals surface area contributed by atoms with Crippen LogP contribution in [0.3, 0.4) is 0 Å². The third-order valence-electron chi connectivity index (χ3n) is 10.9. The van der Waals surface area contributed by atoms with Crippen LogP contribution in [0.5, 0.6) is 0 Å². The second-order valence-corrected chi connectivity index (χ2v) is 15.0. The third-order valence-corrected chi connectivity index (χ3v) is 10.9. The lowest BCUT2D eigenvalue weighted by atomic mass is 9.89. The average molecular weight is 837 g/mol. The van der Waals surface area contributed by atoms with E-state index in [1.165, 1.54) is 12.1 Å². The molecular formula is C55H35F3N6. The summed E-state index contributed by atoms with van der Waals surface area (Å²) in [6.07, 6.45) is -4.51. The van der Waals surface area contributed by atoms with Gasteiger partial charge in [-0.05, 0) is 51.6 Å². The Morgan fingerprint density at radius 1 is 0.234 bits per heavy atom. The minimum atomic E-state index is -4.51. The van der Waals surface area contributed by atoms with Crippen molar-refractivity contribution in [2.75, 3.05) is 0 Å². The first kappa shape index (κ1) is 39.7. The third kappa shape index (κ3) is 8.18. The van der Waals surface area contributed by atoms with Crippen LogP contribution in [-0.4, -0.2) is 29.9 Å². The molecule has 0 saturated carbocycles. The summed E-state index contributed by atoms with van der Waals surface area (Å²) in [6.45, 7) is 0. The van der Waals surface area contributed by atoms with Crippen molar-refractivity contribution < 1.29 is 13.2 Å². The maximum atomic E-state index is 14.0. The van der Waals surface area contributed by atoms with Crippen molar-refractivity contribution in [2.45, 2.75) is 6.18 Å². The van der Waals surface area contributed by atoms with Crippen molar-refractivity contribution in [1.82, 2.24) is 29.9 Å². The highest BCUT2D eigenvalue weighted by Gasteiger charge is 2.30. The van der Waals surface area contributed by atoms with Gasteiger partial charge in [0.2, 0.25) is 0 Å². The van der Waals surface area contributed by atoms with Gasteiger partial charge in [-0.25, -0.2) is 29.9 Å². The van der Waals surface area contributed by atoms with Crippen LogP contribution < -0.4 is 0 Å². The first-order valence-corrected chi connectivity index (χ1v) is 20.6. The first-order valence-electron chi connectivity index (χ1n) is 20.6. The number of benzene rings is 8. The first-order chi connectivity index (χ1) is 31.4. The van der Waals surface area contributed by atoms with Crippen LogP contribution in [0, 0.1) is 0 Å². The fraction of sp³-hybridized carbons (Fsp3) is 0.0182. The molecule has 0 spiro atoms. The molecule has 0 aliphatic rings. The summed E-state index contributed by atoms with van der Waals surface area (Å²) in [5.74, 6) is 2.81. The zero-order valence-electron chi connectivity index (χ0n) is 34.0. The van der Waals surface area contributed by atoms with Gasteiger partial charge in [-0.2, -0.15) is 13.2 Å². The van der Waals surface area contributed by atoms with E-state index in [4.69, 9.17) is 29.9 Å². The van der Waals surface area contributed by atoms with Crippen LogP contribution >= 0.6 is 0 Å². The quantitative estimate of drug-likeness (QED) is 0.144. The second kappa shape index (κ2) is 17.1. The lowest BCUT2D eigenvalue weighted by Gasteiger charge is -2.17. The predicted molar refractivity (Wildman–Crippen MR) is 247 cm³/mol. The van der Waals surface area contributed by atoms with E-state index in [1.807, 2.05) is 188 Å². The molecule has 0 fully saturated rings. The molecule has 6 nitrogen and oxygen atoms in total. The van der Waals surface area contributed by atoms with Crippen LogP contribution in [-0.2, 0) is 6.18 Å². The minimum absolute atomic E-state index is 0.400. The maximum absolute atomic E-state index is 14.0. The highest BCUT2D eigenvalue weighted by Crippen LogP contribution is 2.41. The predicted octanol–water partition coefficient (Wildman–Crippen LogP) is 14.1. The summed E-state index contributed by atoms with van der Waals surface area (Å²) in [5, 5.41) is 0. The average Bonchev–Trinajstić information content (AvgIpc) is 3.37. The van der Waals surface area contributed by atoms with Gasteiger partial charge in [0.05, 0.1) is 5.56 Å². The normalized spacial score (nSPS) is 11.4. The molecule has 0 atom stereocenters. The Morgan fingerprint density at radius 3 is 1.00 bits per heavy atom. The molecule has 306 valence electrons. The van der Waals surface area contributed by atoms with E-state index in [1.54, 1.807) is 0 Å².